The largest absolute Gasteiger partial charge is 0.342 e. The van der Waals surface area contributed by atoms with Crippen LogP contribution < -0.4 is 5.32 Å². The summed E-state index contributed by atoms with van der Waals surface area (Å²) in [6.07, 6.45) is 11.2. The van der Waals surface area contributed by atoms with Crippen molar-refractivity contribution in [1.29, 1.82) is 0 Å². The number of rotatable bonds is 5. The van der Waals surface area contributed by atoms with Crippen LogP contribution in [0.5, 0.6) is 0 Å². The van der Waals surface area contributed by atoms with Gasteiger partial charge in [-0.3, -0.25) is 9.59 Å². The van der Waals surface area contributed by atoms with Crippen LogP contribution in [-0.2, 0) is 16.1 Å². The van der Waals surface area contributed by atoms with Crippen LogP contribution in [-0.4, -0.2) is 70.4 Å². The Hall–Kier alpha value is -1.89. The van der Waals surface area contributed by atoms with Crippen LogP contribution in [0.4, 0.5) is 0 Å². The molecular formula is C20H31N5O2. The van der Waals surface area contributed by atoms with Crippen molar-refractivity contribution in [2.24, 2.45) is 11.3 Å². The van der Waals surface area contributed by atoms with Gasteiger partial charge in [0.25, 0.3) is 0 Å². The summed E-state index contributed by atoms with van der Waals surface area (Å²) in [5.41, 5.74) is 0.216. The molecule has 1 N–H and O–H groups in total. The normalized spacial score (nSPS) is 25.3. The first-order valence-electron chi connectivity index (χ1n) is 10.4. The van der Waals surface area contributed by atoms with Gasteiger partial charge in [0.2, 0.25) is 11.8 Å². The maximum absolute atomic E-state index is 12.7. The second kappa shape index (κ2) is 8.00. The summed E-state index contributed by atoms with van der Waals surface area (Å²) in [6.45, 7) is 6.08. The summed E-state index contributed by atoms with van der Waals surface area (Å²) < 4.78 is 2.06. The fourth-order valence-corrected chi connectivity index (χ4v) is 4.90. The number of nitrogens with one attached hydrogen (secondary N) is 1. The van der Waals surface area contributed by atoms with Gasteiger partial charge < -0.3 is 19.7 Å². The highest BCUT2D eigenvalue weighted by atomic mass is 16.2. The molecule has 148 valence electrons. The van der Waals surface area contributed by atoms with Gasteiger partial charge in [0.1, 0.15) is 0 Å². The number of aromatic nitrogens is 2. The Morgan fingerprint density at radius 1 is 1.26 bits per heavy atom. The first-order valence-corrected chi connectivity index (χ1v) is 10.4. The van der Waals surface area contributed by atoms with E-state index in [0.717, 1.165) is 77.9 Å². The zero-order valence-electron chi connectivity index (χ0n) is 16.1. The highest BCUT2D eigenvalue weighted by molar-refractivity contribution is 5.79. The van der Waals surface area contributed by atoms with Crippen molar-refractivity contribution >= 4 is 11.8 Å². The second-order valence-electron chi connectivity index (χ2n) is 8.48. The van der Waals surface area contributed by atoms with E-state index in [1.807, 2.05) is 12.5 Å². The van der Waals surface area contributed by atoms with E-state index < -0.39 is 0 Å². The summed E-state index contributed by atoms with van der Waals surface area (Å²) in [6, 6.07) is 0. The summed E-state index contributed by atoms with van der Waals surface area (Å²) in [5, 5.41) is 3.29. The van der Waals surface area contributed by atoms with Crippen molar-refractivity contribution in [3.8, 4) is 0 Å². The third-order valence-corrected chi connectivity index (χ3v) is 6.70. The molecule has 7 heteroatoms. The lowest BCUT2D eigenvalue weighted by atomic mass is 9.72. The minimum Gasteiger partial charge on any atom is -0.342 e. The van der Waals surface area contributed by atoms with Crippen LogP contribution >= 0.6 is 0 Å². The molecule has 4 rings (SSSR count). The van der Waals surface area contributed by atoms with E-state index in [0.29, 0.717) is 18.2 Å². The number of hydrogen-bond donors (Lipinski definition) is 1. The molecular weight excluding hydrogens is 342 g/mol. The van der Waals surface area contributed by atoms with Crippen molar-refractivity contribution in [2.75, 3.05) is 39.3 Å². The highest BCUT2D eigenvalue weighted by Crippen LogP contribution is 2.40. The predicted octanol–water partition coefficient (Wildman–Crippen LogP) is 1.11. The number of imidazole rings is 1. The van der Waals surface area contributed by atoms with Gasteiger partial charge in [0.15, 0.2) is 0 Å². The van der Waals surface area contributed by atoms with Gasteiger partial charge in [-0.2, -0.15) is 0 Å². The van der Waals surface area contributed by atoms with Crippen LogP contribution in [0.15, 0.2) is 18.7 Å². The van der Waals surface area contributed by atoms with E-state index in [2.05, 4.69) is 24.7 Å². The van der Waals surface area contributed by atoms with Crippen LogP contribution in [0.25, 0.3) is 0 Å². The number of piperidine rings is 2. The number of hydrogen-bond acceptors (Lipinski definition) is 4. The third-order valence-electron chi connectivity index (χ3n) is 6.70. The molecule has 0 aromatic carbocycles. The monoisotopic (exact) mass is 373 g/mol. The summed E-state index contributed by atoms with van der Waals surface area (Å²) in [5.74, 6) is 0.798. The lowest BCUT2D eigenvalue weighted by molar-refractivity contribution is -0.144. The smallest absolute Gasteiger partial charge is 0.227 e. The van der Waals surface area contributed by atoms with E-state index in [9.17, 15) is 9.59 Å². The van der Waals surface area contributed by atoms with Gasteiger partial charge in [-0.1, -0.05) is 0 Å². The number of carbonyl (C=O) groups is 2. The standard InChI is InChI=1S/C20H31N5O2/c26-18-2-4-20(15-25(18)10-1-9-23-13-8-22-16-23)5-11-24(12-6-20)19(27)17-3-7-21-14-17/h8,13,16-17,21H,1-7,9-12,14-15H2/t17-/m0/s1. The molecule has 2 amide bonds. The Morgan fingerprint density at radius 2 is 2.11 bits per heavy atom. The fraction of sp³-hybridized carbons (Fsp3) is 0.750. The summed E-state index contributed by atoms with van der Waals surface area (Å²) >= 11 is 0. The molecule has 3 aliphatic heterocycles. The maximum Gasteiger partial charge on any atom is 0.227 e. The molecule has 1 aromatic rings. The van der Waals surface area contributed by atoms with Gasteiger partial charge in [-0.05, 0) is 44.1 Å². The number of aryl methyl sites for hydroxylation is 1. The lowest BCUT2D eigenvalue weighted by Crippen LogP contribution is -2.53. The van der Waals surface area contributed by atoms with Gasteiger partial charge in [-0.25, -0.2) is 4.98 Å². The molecule has 0 saturated carbocycles. The molecule has 4 heterocycles. The van der Waals surface area contributed by atoms with Crippen LogP contribution in [0.2, 0.25) is 0 Å². The molecule has 0 bridgehead atoms. The minimum atomic E-state index is 0.173. The van der Waals surface area contributed by atoms with Crippen LogP contribution in [0.3, 0.4) is 0 Å². The molecule has 3 aliphatic rings. The minimum absolute atomic E-state index is 0.173. The van der Waals surface area contributed by atoms with Crippen molar-refractivity contribution in [1.82, 2.24) is 24.7 Å². The highest BCUT2D eigenvalue weighted by Gasteiger charge is 2.42. The topological polar surface area (TPSA) is 70.5 Å². The summed E-state index contributed by atoms with van der Waals surface area (Å²) in [4.78, 5) is 33.3. The fourth-order valence-electron chi connectivity index (χ4n) is 4.90. The second-order valence-corrected chi connectivity index (χ2v) is 8.48. The van der Waals surface area contributed by atoms with Crippen LogP contribution in [0.1, 0.15) is 38.5 Å². The van der Waals surface area contributed by atoms with E-state index in [-0.39, 0.29) is 11.3 Å². The number of amides is 2. The molecule has 1 atom stereocenters. The maximum atomic E-state index is 12.7. The van der Waals surface area contributed by atoms with E-state index in [1.54, 1.807) is 6.20 Å². The molecule has 0 aliphatic carbocycles. The molecule has 0 radical (unpaired) electrons. The van der Waals surface area contributed by atoms with E-state index >= 15 is 0 Å². The van der Waals surface area contributed by atoms with E-state index in [4.69, 9.17) is 0 Å². The van der Waals surface area contributed by atoms with Gasteiger partial charge >= 0.3 is 0 Å². The third kappa shape index (κ3) is 4.18. The lowest BCUT2D eigenvalue weighted by Gasteiger charge is -2.47. The molecule has 3 fully saturated rings. The zero-order valence-corrected chi connectivity index (χ0v) is 16.1. The molecule has 27 heavy (non-hydrogen) atoms. The SMILES string of the molecule is O=C1CCC2(CCN(C(=O)[C@H]3CCNC3)CC2)CN1CCCn1ccnc1. The molecule has 7 nitrogen and oxygen atoms in total. The van der Waals surface area contributed by atoms with Gasteiger partial charge in [0, 0.05) is 58.1 Å². The van der Waals surface area contributed by atoms with Crippen molar-refractivity contribution in [2.45, 2.75) is 45.1 Å². The van der Waals surface area contributed by atoms with Gasteiger partial charge in [-0.15, -0.1) is 0 Å². The molecule has 3 saturated heterocycles. The Morgan fingerprint density at radius 3 is 2.81 bits per heavy atom. The van der Waals surface area contributed by atoms with E-state index in [1.165, 1.54) is 0 Å². The van der Waals surface area contributed by atoms with Gasteiger partial charge in [0.05, 0.1) is 12.2 Å². The first-order chi connectivity index (χ1) is 13.2. The molecule has 0 unspecified atom stereocenters. The van der Waals surface area contributed by atoms with Crippen molar-refractivity contribution < 1.29 is 9.59 Å². The number of nitrogens with zero attached hydrogens (tertiary/aromatic N) is 4. The van der Waals surface area contributed by atoms with Crippen molar-refractivity contribution in [3.05, 3.63) is 18.7 Å². The Bertz CT molecular complexity index is 645. The Balaban J connectivity index is 1.28. The zero-order chi connectivity index (χ0) is 18.7. The predicted molar refractivity (Wildman–Crippen MR) is 102 cm³/mol. The quantitative estimate of drug-likeness (QED) is 0.840. The summed E-state index contributed by atoms with van der Waals surface area (Å²) in [7, 11) is 0. The average molecular weight is 374 g/mol. The molecule has 1 spiro atoms. The van der Waals surface area contributed by atoms with Crippen molar-refractivity contribution in [3.63, 3.8) is 0 Å². The Labute approximate surface area is 161 Å². The Kier molecular flexibility index (Phi) is 5.48. The van der Waals surface area contributed by atoms with Crippen LogP contribution in [0, 0.1) is 11.3 Å². The molecule has 1 aromatic heterocycles. The number of carbonyl (C=O) groups excluding carboxylic acids is 2. The number of likely N-dealkylation sites (tertiary alicyclic amines) is 2. The average Bonchev–Trinajstić information content (AvgIpc) is 3.39. The first kappa shape index (κ1) is 18.5.